The third kappa shape index (κ3) is 6.82. The zero-order valence-corrected chi connectivity index (χ0v) is 15.9. The highest BCUT2D eigenvalue weighted by Crippen LogP contribution is 2.05. The standard InChI is InChI=1S/C19H22FN3O3S/c1-2-23(12-17(24)22-11-14-3-5-16(20)6-4-14)18(25)7-9-21-19(26)15-8-10-27-13-15/h3-6,8,10,13H,2,7,9,11-12H2,1H3,(H,21,26)(H,22,24). The van der Waals surface area contributed by atoms with Crippen LogP contribution in [0.25, 0.3) is 0 Å². The highest BCUT2D eigenvalue weighted by atomic mass is 32.1. The van der Waals surface area contributed by atoms with Gasteiger partial charge in [0, 0.05) is 37.0 Å². The van der Waals surface area contributed by atoms with Gasteiger partial charge in [-0.2, -0.15) is 11.3 Å². The van der Waals surface area contributed by atoms with Crippen LogP contribution < -0.4 is 10.6 Å². The fourth-order valence-corrected chi connectivity index (χ4v) is 2.98. The number of halogens is 1. The number of hydrogen-bond acceptors (Lipinski definition) is 4. The molecule has 8 heteroatoms. The number of nitrogens with zero attached hydrogens (tertiary/aromatic N) is 1. The Kier molecular flexibility index (Phi) is 7.94. The molecule has 0 aliphatic heterocycles. The van der Waals surface area contributed by atoms with Gasteiger partial charge in [0.25, 0.3) is 5.91 Å². The van der Waals surface area contributed by atoms with Crippen molar-refractivity contribution in [3.63, 3.8) is 0 Å². The first-order valence-corrected chi connectivity index (χ1v) is 9.53. The van der Waals surface area contributed by atoms with Gasteiger partial charge >= 0.3 is 0 Å². The van der Waals surface area contributed by atoms with Gasteiger partial charge in [-0.3, -0.25) is 14.4 Å². The summed E-state index contributed by atoms with van der Waals surface area (Å²) in [5.41, 5.74) is 1.34. The molecule has 2 aromatic rings. The Morgan fingerprint density at radius 2 is 1.85 bits per heavy atom. The topological polar surface area (TPSA) is 78.5 Å². The van der Waals surface area contributed by atoms with Crippen molar-refractivity contribution in [2.24, 2.45) is 0 Å². The molecule has 2 N–H and O–H groups in total. The number of benzene rings is 1. The lowest BCUT2D eigenvalue weighted by Crippen LogP contribution is -2.41. The Hall–Kier alpha value is -2.74. The van der Waals surface area contributed by atoms with Gasteiger partial charge in [0.05, 0.1) is 6.54 Å². The molecular weight excluding hydrogens is 369 g/mol. The van der Waals surface area contributed by atoms with Gasteiger partial charge in [-0.25, -0.2) is 4.39 Å². The average molecular weight is 391 g/mol. The summed E-state index contributed by atoms with van der Waals surface area (Å²) in [5.74, 6) is -1.06. The Balaban J connectivity index is 1.72. The van der Waals surface area contributed by atoms with E-state index in [1.165, 1.54) is 28.4 Å². The molecule has 1 heterocycles. The smallest absolute Gasteiger partial charge is 0.252 e. The molecule has 0 atom stereocenters. The molecule has 0 aliphatic rings. The van der Waals surface area contributed by atoms with E-state index in [1.54, 1.807) is 30.5 Å². The van der Waals surface area contributed by atoms with Gasteiger partial charge in [0.2, 0.25) is 11.8 Å². The van der Waals surface area contributed by atoms with Crippen LogP contribution in [0.2, 0.25) is 0 Å². The van der Waals surface area contributed by atoms with Crippen LogP contribution in [0.15, 0.2) is 41.1 Å². The molecule has 27 heavy (non-hydrogen) atoms. The van der Waals surface area contributed by atoms with Gasteiger partial charge in [0.15, 0.2) is 0 Å². The summed E-state index contributed by atoms with van der Waals surface area (Å²) >= 11 is 1.43. The SMILES string of the molecule is CCN(CC(=O)NCc1ccc(F)cc1)C(=O)CCNC(=O)c1ccsc1. The molecule has 0 unspecified atom stereocenters. The van der Waals surface area contributed by atoms with Crippen molar-refractivity contribution >= 4 is 29.1 Å². The molecule has 0 radical (unpaired) electrons. The maximum Gasteiger partial charge on any atom is 0.252 e. The summed E-state index contributed by atoms with van der Waals surface area (Å²) in [5, 5.41) is 8.94. The Morgan fingerprint density at radius 1 is 1.11 bits per heavy atom. The van der Waals surface area contributed by atoms with E-state index in [0.29, 0.717) is 12.1 Å². The van der Waals surface area contributed by atoms with Crippen molar-refractivity contribution in [1.82, 2.24) is 15.5 Å². The zero-order valence-electron chi connectivity index (χ0n) is 15.0. The summed E-state index contributed by atoms with van der Waals surface area (Å²) in [6.07, 6.45) is 0.120. The molecule has 0 fully saturated rings. The van der Waals surface area contributed by atoms with Crippen LogP contribution in [-0.2, 0) is 16.1 Å². The molecule has 0 bridgehead atoms. The third-order valence-corrected chi connectivity index (χ3v) is 4.56. The first kappa shape index (κ1) is 20.6. The van der Waals surface area contributed by atoms with Crippen molar-refractivity contribution in [2.45, 2.75) is 19.9 Å². The monoisotopic (exact) mass is 391 g/mol. The van der Waals surface area contributed by atoms with Crippen LogP contribution in [0, 0.1) is 5.82 Å². The minimum absolute atomic E-state index is 0.0605. The predicted octanol–water partition coefficient (Wildman–Crippen LogP) is 2.17. The largest absolute Gasteiger partial charge is 0.351 e. The second-order valence-electron chi connectivity index (χ2n) is 5.83. The number of amides is 3. The van der Waals surface area contributed by atoms with E-state index >= 15 is 0 Å². The van der Waals surface area contributed by atoms with E-state index < -0.39 is 0 Å². The summed E-state index contributed by atoms with van der Waals surface area (Å²) in [7, 11) is 0. The van der Waals surface area contributed by atoms with Crippen molar-refractivity contribution in [3.8, 4) is 0 Å². The normalized spacial score (nSPS) is 10.3. The van der Waals surface area contributed by atoms with Gasteiger partial charge in [-0.1, -0.05) is 12.1 Å². The molecule has 1 aromatic heterocycles. The lowest BCUT2D eigenvalue weighted by atomic mass is 10.2. The average Bonchev–Trinajstić information content (AvgIpc) is 3.20. The number of carbonyl (C=O) groups is 3. The summed E-state index contributed by atoms with van der Waals surface area (Å²) in [4.78, 5) is 37.5. The van der Waals surface area contributed by atoms with Gasteiger partial charge in [-0.15, -0.1) is 0 Å². The lowest BCUT2D eigenvalue weighted by molar-refractivity contribution is -0.135. The fraction of sp³-hybridized carbons (Fsp3) is 0.316. The molecule has 1 aromatic carbocycles. The molecule has 6 nitrogen and oxygen atoms in total. The number of rotatable bonds is 9. The molecule has 0 saturated carbocycles. The van der Waals surface area contributed by atoms with Crippen LogP contribution in [0.4, 0.5) is 4.39 Å². The second-order valence-corrected chi connectivity index (χ2v) is 6.61. The maximum absolute atomic E-state index is 12.9. The van der Waals surface area contributed by atoms with Crippen molar-refractivity contribution in [1.29, 1.82) is 0 Å². The van der Waals surface area contributed by atoms with Crippen LogP contribution in [-0.4, -0.2) is 42.3 Å². The van der Waals surface area contributed by atoms with E-state index in [2.05, 4.69) is 10.6 Å². The quantitative estimate of drug-likeness (QED) is 0.688. The molecular formula is C19H22FN3O3S. The van der Waals surface area contributed by atoms with Crippen molar-refractivity contribution < 1.29 is 18.8 Å². The Morgan fingerprint density at radius 3 is 2.48 bits per heavy atom. The molecule has 0 saturated heterocycles. The molecule has 0 spiro atoms. The van der Waals surface area contributed by atoms with E-state index in [0.717, 1.165) is 5.56 Å². The van der Waals surface area contributed by atoms with Crippen LogP contribution in [0.5, 0.6) is 0 Å². The zero-order chi connectivity index (χ0) is 19.6. The molecule has 3 amide bonds. The number of thiophene rings is 1. The van der Waals surface area contributed by atoms with E-state index in [-0.39, 0.29) is 49.6 Å². The third-order valence-electron chi connectivity index (χ3n) is 3.88. The van der Waals surface area contributed by atoms with Crippen LogP contribution in [0.3, 0.4) is 0 Å². The number of carbonyl (C=O) groups excluding carboxylic acids is 3. The number of likely N-dealkylation sites (N-methyl/N-ethyl adjacent to an activating group) is 1. The van der Waals surface area contributed by atoms with Crippen LogP contribution >= 0.6 is 11.3 Å². The highest BCUT2D eigenvalue weighted by molar-refractivity contribution is 7.08. The summed E-state index contributed by atoms with van der Waals surface area (Å²) < 4.78 is 12.9. The minimum Gasteiger partial charge on any atom is -0.351 e. The molecule has 2 rings (SSSR count). The second kappa shape index (κ2) is 10.4. The van der Waals surface area contributed by atoms with Crippen LogP contribution in [0.1, 0.15) is 29.3 Å². The van der Waals surface area contributed by atoms with Gasteiger partial charge in [-0.05, 0) is 36.1 Å². The first-order chi connectivity index (χ1) is 13.0. The highest BCUT2D eigenvalue weighted by Gasteiger charge is 2.16. The minimum atomic E-state index is -0.334. The summed E-state index contributed by atoms with van der Waals surface area (Å²) in [6, 6.07) is 7.55. The lowest BCUT2D eigenvalue weighted by Gasteiger charge is -2.20. The summed E-state index contributed by atoms with van der Waals surface area (Å²) in [6.45, 7) is 2.59. The van der Waals surface area contributed by atoms with Gasteiger partial charge < -0.3 is 15.5 Å². The van der Waals surface area contributed by atoms with Crippen molar-refractivity contribution in [3.05, 3.63) is 58.0 Å². The van der Waals surface area contributed by atoms with Gasteiger partial charge in [0.1, 0.15) is 5.82 Å². The number of hydrogen-bond donors (Lipinski definition) is 2. The Bertz CT molecular complexity index is 763. The predicted molar refractivity (Wildman–Crippen MR) is 102 cm³/mol. The van der Waals surface area contributed by atoms with E-state index in [4.69, 9.17) is 0 Å². The maximum atomic E-state index is 12.9. The fourth-order valence-electron chi connectivity index (χ4n) is 2.35. The molecule has 0 aliphatic carbocycles. The van der Waals surface area contributed by atoms with E-state index in [1.807, 2.05) is 5.38 Å². The van der Waals surface area contributed by atoms with E-state index in [9.17, 15) is 18.8 Å². The number of nitrogens with one attached hydrogen (secondary N) is 2. The van der Waals surface area contributed by atoms with Crippen molar-refractivity contribution in [2.75, 3.05) is 19.6 Å². The first-order valence-electron chi connectivity index (χ1n) is 8.59. The Labute approximate surface area is 161 Å². The molecule has 144 valence electrons.